The van der Waals surface area contributed by atoms with Crippen LogP contribution in [0.15, 0.2) is 59.6 Å². The van der Waals surface area contributed by atoms with Crippen LogP contribution in [0, 0.1) is 11.6 Å². The number of carbonyl (C=O) groups excluding carboxylic acids is 1. The van der Waals surface area contributed by atoms with Crippen LogP contribution in [0.2, 0.25) is 0 Å². The van der Waals surface area contributed by atoms with Gasteiger partial charge in [-0.25, -0.2) is 13.8 Å². The number of aliphatic imine (C=N–C) groups is 1. The topological polar surface area (TPSA) is 74.0 Å². The highest BCUT2D eigenvalue weighted by atomic mass is 19.1. The van der Waals surface area contributed by atoms with Crippen LogP contribution >= 0.6 is 0 Å². The molecule has 0 aromatic heterocycles. The molecule has 0 aliphatic carbocycles. The predicted molar refractivity (Wildman–Crippen MR) is 118 cm³/mol. The molecule has 6 nitrogen and oxygen atoms in total. The van der Waals surface area contributed by atoms with Crippen LogP contribution in [0.25, 0.3) is 0 Å². The van der Waals surface area contributed by atoms with E-state index in [0.717, 1.165) is 30.9 Å². The quantitative estimate of drug-likeness (QED) is 0.738. The first-order valence-electron chi connectivity index (χ1n) is 10.1. The van der Waals surface area contributed by atoms with Gasteiger partial charge in [-0.15, -0.1) is 0 Å². The van der Waals surface area contributed by atoms with Crippen LogP contribution in [0.4, 0.5) is 20.2 Å². The van der Waals surface area contributed by atoms with Gasteiger partial charge in [-0.1, -0.05) is 6.58 Å². The van der Waals surface area contributed by atoms with Gasteiger partial charge in [0.05, 0.1) is 0 Å². The van der Waals surface area contributed by atoms with Gasteiger partial charge in [0, 0.05) is 48.7 Å². The number of amides is 1. The summed E-state index contributed by atoms with van der Waals surface area (Å²) >= 11 is 0. The first-order valence-corrected chi connectivity index (χ1v) is 10.1. The fourth-order valence-corrected chi connectivity index (χ4v) is 4.10. The van der Waals surface area contributed by atoms with Crippen molar-refractivity contribution in [2.45, 2.75) is 24.9 Å². The highest BCUT2D eigenvalue weighted by molar-refractivity contribution is 6.08. The van der Waals surface area contributed by atoms with Crippen LogP contribution in [0.5, 0.6) is 0 Å². The molecular formula is C23H25F2N5O. The van der Waals surface area contributed by atoms with Gasteiger partial charge in [0.1, 0.15) is 17.2 Å². The van der Waals surface area contributed by atoms with Crippen LogP contribution in [0.1, 0.15) is 18.9 Å². The van der Waals surface area contributed by atoms with Crippen LogP contribution < -0.4 is 16.0 Å². The first-order chi connectivity index (χ1) is 14.7. The van der Waals surface area contributed by atoms with Gasteiger partial charge in [0.25, 0.3) is 5.91 Å². The number of rotatable bonds is 4. The smallest absolute Gasteiger partial charge is 0.258 e. The second-order valence-electron chi connectivity index (χ2n) is 8.13. The Hall–Kier alpha value is -3.42. The molecule has 1 fully saturated rings. The Kier molecular flexibility index (Phi) is 5.16. The number of likely N-dealkylation sites (N-methyl/N-ethyl adjacent to an activating group) is 1. The second kappa shape index (κ2) is 7.68. The minimum absolute atomic E-state index is 0.0170. The van der Waals surface area contributed by atoms with Crippen molar-refractivity contribution >= 4 is 23.2 Å². The molecule has 2 atom stereocenters. The number of guanidine groups is 1. The summed E-state index contributed by atoms with van der Waals surface area (Å²) in [6, 6.07) is 11.2. The lowest BCUT2D eigenvalue weighted by Crippen LogP contribution is -2.49. The largest absolute Gasteiger partial charge is 0.380 e. The fraction of sp³-hybridized carbons (Fsp3) is 0.304. The third-order valence-electron chi connectivity index (χ3n) is 6.07. The van der Waals surface area contributed by atoms with Gasteiger partial charge in [0.15, 0.2) is 5.96 Å². The first kappa shape index (κ1) is 20.8. The van der Waals surface area contributed by atoms with Crippen molar-refractivity contribution in [3.8, 4) is 0 Å². The number of nitrogens with one attached hydrogen (secondary N) is 1. The van der Waals surface area contributed by atoms with Crippen LogP contribution in [0.3, 0.4) is 0 Å². The van der Waals surface area contributed by atoms with Crippen molar-refractivity contribution in [3.05, 3.63) is 71.8 Å². The molecule has 3 N–H and O–H groups in total. The van der Waals surface area contributed by atoms with Gasteiger partial charge >= 0.3 is 0 Å². The Morgan fingerprint density at radius 3 is 2.65 bits per heavy atom. The molecule has 8 heteroatoms. The van der Waals surface area contributed by atoms with Crippen molar-refractivity contribution in [1.29, 1.82) is 0 Å². The summed E-state index contributed by atoms with van der Waals surface area (Å²) in [6.45, 7) is 7.06. The third-order valence-corrected chi connectivity index (χ3v) is 6.07. The monoisotopic (exact) mass is 425 g/mol. The molecule has 2 aromatic carbocycles. The lowest BCUT2D eigenvalue weighted by atomic mass is 9.83. The molecule has 2 heterocycles. The Morgan fingerprint density at radius 2 is 1.94 bits per heavy atom. The van der Waals surface area contributed by atoms with Crippen molar-refractivity contribution in [1.82, 2.24) is 4.90 Å². The molecule has 162 valence electrons. The Balaban J connectivity index is 1.56. The summed E-state index contributed by atoms with van der Waals surface area (Å²) in [4.78, 5) is 20.2. The predicted octanol–water partition coefficient (Wildman–Crippen LogP) is 3.21. The van der Waals surface area contributed by atoms with E-state index in [1.54, 1.807) is 31.2 Å². The zero-order chi connectivity index (χ0) is 22.3. The maximum Gasteiger partial charge on any atom is 0.258 e. The second-order valence-corrected chi connectivity index (χ2v) is 8.13. The van der Waals surface area contributed by atoms with Crippen molar-refractivity contribution < 1.29 is 13.6 Å². The number of hydrogen-bond acceptors (Lipinski definition) is 5. The standard InChI is InChI=1S/C23H25F2N5O/c1-14-21(31)29(3)22(26)28-23(14,2)19-12-16(6-9-20(19)25)27-17-10-11-30(13-17)18-7-4-15(24)5-8-18/h4-9,12,17,27H,1,10-11,13H2,2-3H3,(H2,26,28)/t17?,23-/m0/s1. The molecule has 2 aromatic rings. The van der Waals surface area contributed by atoms with Crippen molar-refractivity contribution in [2.75, 3.05) is 30.4 Å². The molecule has 4 rings (SSSR count). The molecule has 2 aliphatic heterocycles. The Bertz CT molecular complexity index is 1070. The summed E-state index contributed by atoms with van der Waals surface area (Å²) in [5.41, 5.74) is 6.68. The minimum Gasteiger partial charge on any atom is -0.380 e. The number of anilines is 2. The molecular weight excluding hydrogens is 400 g/mol. The molecule has 1 saturated heterocycles. The molecule has 1 unspecified atom stereocenters. The van der Waals surface area contributed by atoms with Crippen LogP contribution in [-0.2, 0) is 10.3 Å². The highest BCUT2D eigenvalue weighted by Crippen LogP contribution is 2.39. The van der Waals surface area contributed by atoms with Crippen molar-refractivity contribution in [2.24, 2.45) is 10.7 Å². The molecule has 1 amide bonds. The normalized spacial score (nSPS) is 23.9. The van der Waals surface area contributed by atoms with Gasteiger partial charge < -0.3 is 16.0 Å². The number of benzene rings is 2. The molecule has 0 saturated carbocycles. The average molecular weight is 425 g/mol. The fourth-order valence-electron chi connectivity index (χ4n) is 4.10. The maximum atomic E-state index is 14.8. The SMILES string of the molecule is C=C1C(=O)N(C)C(N)=N[C@]1(C)c1cc(NC2CCN(c3ccc(F)cc3)C2)ccc1F. The lowest BCUT2D eigenvalue weighted by Gasteiger charge is -2.35. The van der Waals surface area contributed by atoms with Gasteiger partial charge in [-0.2, -0.15) is 0 Å². The summed E-state index contributed by atoms with van der Waals surface area (Å²) in [6.07, 6.45) is 0.877. The van der Waals surface area contributed by atoms with E-state index in [1.807, 2.05) is 0 Å². The number of nitrogens with zero attached hydrogens (tertiary/aromatic N) is 3. The maximum absolute atomic E-state index is 14.8. The average Bonchev–Trinajstić information content (AvgIpc) is 3.21. The Labute approximate surface area is 180 Å². The Morgan fingerprint density at radius 1 is 1.23 bits per heavy atom. The number of halogens is 2. The number of nitrogens with two attached hydrogens (primary N) is 1. The van der Waals surface area contributed by atoms with Gasteiger partial charge in [0.2, 0.25) is 0 Å². The molecule has 0 spiro atoms. The lowest BCUT2D eigenvalue weighted by molar-refractivity contribution is -0.123. The van der Waals surface area contributed by atoms with E-state index >= 15 is 0 Å². The van der Waals surface area contributed by atoms with Gasteiger partial charge in [-0.05, 0) is 55.8 Å². The van der Waals surface area contributed by atoms with Crippen LogP contribution in [-0.4, -0.2) is 42.9 Å². The summed E-state index contributed by atoms with van der Waals surface area (Å²) < 4.78 is 28.0. The molecule has 2 aliphatic rings. The summed E-state index contributed by atoms with van der Waals surface area (Å²) in [7, 11) is 1.51. The van der Waals surface area contributed by atoms with E-state index in [9.17, 15) is 13.6 Å². The zero-order valence-electron chi connectivity index (χ0n) is 17.5. The summed E-state index contributed by atoms with van der Waals surface area (Å²) in [5.74, 6) is -1.12. The van der Waals surface area contributed by atoms with E-state index in [-0.39, 0.29) is 29.0 Å². The third kappa shape index (κ3) is 3.73. The van der Waals surface area contributed by atoms with Gasteiger partial charge in [-0.3, -0.25) is 9.69 Å². The number of carbonyl (C=O) groups is 1. The highest BCUT2D eigenvalue weighted by Gasteiger charge is 2.42. The molecule has 31 heavy (non-hydrogen) atoms. The van der Waals surface area contributed by atoms with Crippen molar-refractivity contribution in [3.63, 3.8) is 0 Å². The molecule has 0 bridgehead atoms. The summed E-state index contributed by atoms with van der Waals surface area (Å²) in [5, 5.41) is 3.43. The molecule has 0 radical (unpaired) electrons. The van der Waals surface area contributed by atoms with E-state index < -0.39 is 17.3 Å². The number of hydrogen-bond donors (Lipinski definition) is 2. The van der Waals surface area contributed by atoms with E-state index in [4.69, 9.17) is 5.73 Å². The minimum atomic E-state index is -1.29. The zero-order valence-corrected chi connectivity index (χ0v) is 17.5. The van der Waals surface area contributed by atoms with E-state index in [0.29, 0.717) is 0 Å². The van der Waals surface area contributed by atoms with E-state index in [2.05, 4.69) is 21.8 Å². The van der Waals surface area contributed by atoms with E-state index in [1.165, 1.54) is 30.1 Å².